The fourth-order valence-corrected chi connectivity index (χ4v) is 2.83. The van der Waals surface area contributed by atoms with Crippen LogP contribution >= 0.6 is 0 Å². The number of piperidine rings is 3. The number of nitrogens with one attached hydrogen (secondary N) is 1. The summed E-state index contributed by atoms with van der Waals surface area (Å²) in [5.41, 5.74) is 5.04. The van der Waals surface area contributed by atoms with Crippen LogP contribution in [0.15, 0.2) is 0 Å². The zero-order chi connectivity index (χ0) is 12.3. The number of nitrogens with zero attached hydrogens (tertiary/aromatic N) is 1. The first-order valence-electron chi connectivity index (χ1n) is 6.45. The Bertz CT molecular complexity index is 298. The van der Waals surface area contributed by atoms with Gasteiger partial charge in [-0.25, -0.2) is 0 Å². The molecule has 2 amide bonds. The lowest BCUT2D eigenvalue weighted by Crippen LogP contribution is -2.57. The molecule has 5 heteroatoms. The van der Waals surface area contributed by atoms with Crippen LogP contribution in [0.4, 0.5) is 0 Å². The molecule has 0 aromatic heterocycles. The van der Waals surface area contributed by atoms with Crippen LogP contribution in [0.3, 0.4) is 0 Å². The van der Waals surface area contributed by atoms with E-state index < -0.39 is 0 Å². The summed E-state index contributed by atoms with van der Waals surface area (Å²) >= 11 is 0. The summed E-state index contributed by atoms with van der Waals surface area (Å²) in [7, 11) is 0. The number of fused-ring (bicyclic) bond motifs is 3. The Morgan fingerprint density at radius 3 is 2.47 bits per heavy atom. The van der Waals surface area contributed by atoms with Gasteiger partial charge in [0.25, 0.3) is 0 Å². The van der Waals surface area contributed by atoms with Gasteiger partial charge in [-0.05, 0) is 38.3 Å². The van der Waals surface area contributed by atoms with E-state index in [0.717, 1.165) is 6.54 Å². The minimum atomic E-state index is -0.333. The van der Waals surface area contributed by atoms with E-state index in [0.29, 0.717) is 31.2 Å². The van der Waals surface area contributed by atoms with Crippen molar-refractivity contribution in [3.05, 3.63) is 0 Å². The Hall–Kier alpha value is -1.10. The molecule has 3 heterocycles. The third-order valence-corrected chi connectivity index (χ3v) is 3.83. The number of primary amides is 1. The third kappa shape index (κ3) is 3.43. The normalized spacial score (nSPS) is 31.2. The minimum Gasteiger partial charge on any atom is -0.370 e. The summed E-state index contributed by atoms with van der Waals surface area (Å²) in [6.45, 7) is 3.35. The molecule has 0 aromatic carbocycles. The molecule has 0 spiro atoms. The van der Waals surface area contributed by atoms with Gasteiger partial charge in [0.2, 0.25) is 11.8 Å². The molecule has 0 saturated carbocycles. The van der Waals surface area contributed by atoms with E-state index in [2.05, 4.69) is 10.2 Å². The second kappa shape index (κ2) is 5.49. The largest absolute Gasteiger partial charge is 0.370 e. The van der Waals surface area contributed by atoms with Crippen molar-refractivity contribution in [2.24, 2.45) is 11.7 Å². The number of carbonyl (C=O) groups is 2. The Morgan fingerprint density at radius 1 is 1.24 bits per heavy atom. The summed E-state index contributed by atoms with van der Waals surface area (Å²) in [6.07, 6.45) is 3.67. The van der Waals surface area contributed by atoms with Crippen molar-refractivity contribution in [3.63, 3.8) is 0 Å². The number of hydrogen-bond acceptors (Lipinski definition) is 3. The van der Waals surface area contributed by atoms with Crippen molar-refractivity contribution < 1.29 is 9.59 Å². The number of rotatable bonds is 5. The lowest BCUT2D eigenvalue weighted by Gasteiger charge is -2.44. The van der Waals surface area contributed by atoms with Gasteiger partial charge in [-0.3, -0.25) is 9.59 Å². The molecule has 17 heavy (non-hydrogen) atoms. The Balaban J connectivity index is 1.70. The second-order valence-corrected chi connectivity index (χ2v) is 5.13. The van der Waals surface area contributed by atoms with Crippen molar-refractivity contribution in [1.82, 2.24) is 10.2 Å². The van der Waals surface area contributed by atoms with Gasteiger partial charge in [-0.1, -0.05) is 0 Å². The van der Waals surface area contributed by atoms with Crippen LogP contribution in [0.5, 0.6) is 0 Å². The highest BCUT2D eigenvalue weighted by Gasteiger charge is 2.34. The van der Waals surface area contributed by atoms with E-state index in [1.165, 1.54) is 25.9 Å². The molecule has 0 unspecified atom stereocenters. The maximum absolute atomic E-state index is 11.7. The topological polar surface area (TPSA) is 75.4 Å². The summed E-state index contributed by atoms with van der Waals surface area (Å²) in [6, 6.07) is 0.318. The maximum atomic E-state index is 11.7. The fraction of sp³-hybridized carbons (Fsp3) is 0.833. The molecule has 3 aliphatic rings. The average molecular weight is 239 g/mol. The first-order valence-corrected chi connectivity index (χ1v) is 6.45. The number of nitrogens with two attached hydrogens (primary N) is 1. The third-order valence-electron chi connectivity index (χ3n) is 3.83. The Kier molecular flexibility index (Phi) is 3.99. The van der Waals surface area contributed by atoms with Gasteiger partial charge in [-0.15, -0.1) is 0 Å². The number of hydrogen-bond donors (Lipinski definition) is 2. The lowest BCUT2D eigenvalue weighted by atomic mass is 9.84. The molecule has 96 valence electrons. The quantitative estimate of drug-likeness (QED) is 0.700. The molecule has 1 atom stereocenters. The van der Waals surface area contributed by atoms with Crippen molar-refractivity contribution in [2.45, 2.75) is 38.1 Å². The van der Waals surface area contributed by atoms with Crippen LogP contribution in [0.1, 0.15) is 32.1 Å². The molecule has 0 aromatic rings. The summed E-state index contributed by atoms with van der Waals surface area (Å²) in [4.78, 5) is 24.7. The highest BCUT2D eigenvalue weighted by Crippen LogP contribution is 2.27. The highest BCUT2D eigenvalue weighted by atomic mass is 16.2. The molecular weight excluding hydrogens is 218 g/mol. The SMILES string of the molecule is NC(=O)CCCC(=O)N[C@H]1CN2CCC1CC2. The van der Waals surface area contributed by atoms with Crippen LogP contribution in [0.2, 0.25) is 0 Å². The van der Waals surface area contributed by atoms with Crippen LogP contribution in [0, 0.1) is 5.92 Å². The highest BCUT2D eigenvalue weighted by molar-refractivity contribution is 5.78. The van der Waals surface area contributed by atoms with E-state index in [4.69, 9.17) is 5.73 Å². The van der Waals surface area contributed by atoms with E-state index >= 15 is 0 Å². The van der Waals surface area contributed by atoms with Gasteiger partial charge in [0.05, 0.1) is 0 Å². The minimum absolute atomic E-state index is 0.0602. The van der Waals surface area contributed by atoms with Crippen LogP contribution in [0.25, 0.3) is 0 Å². The van der Waals surface area contributed by atoms with Gasteiger partial charge in [0.1, 0.15) is 0 Å². The number of amides is 2. The maximum Gasteiger partial charge on any atom is 0.220 e. The smallest absolute Gasteiger partial charge is 0.220 e. The van der Waals surface area contributed by atoms with Gasteiger partial charge in [0, 0.05) is 25.4 Å². The van der Waals surface area contributed by atoms with Crippen LogP contribution < -0.4 is 11.1 Å². The molecule has 3 rings (SSSR count). The number of carbonyl (C=O) groups excluding carboxylic acids is 2. The monoisotopic (exact) mass is 239 g/mol. The summed E-state index contributed by atoms with van der Waals surface area (Å²) in [5, 5.41) is 3.09. The van der Waals surface area contributed by atoms with Crippen molar-refractivity contribution in [2.75, 3.05) is 19.6 Å². The summed E-state index contributed by atoms with van der Waals surface area (Å²) < 4.78 is 0. The summed E-state index contributed by atoms with van der Waals surface area (Å²) in [5.74, 6) is 0.380. The molecule has 5 nitrogen and oxygen atoms in total. The van der Waals surface area contributed by atoms with Crippen molar-refractivity contribution >= 4 is 11.8 Å². The predicted molar refractivity (Wildman–Crippen MR) is 64.1 cm³/mol. The predicted octanol–water partition coefficient (Wildman–Crippen LogP) is -0.148. The average Bonchev–Trinajstić information content (AvgIpc) is 2.30. The molecule has 3 aliphatic heterocycles. The van der Waals surface area contributed by atoms with Gasteiger partial charge >= 0.3 is 0 Å². The Morgan fingerprint density at radius 2 is 1.94 bits per heavy atom. The van der Waals surface area contributed by atoms with E-state index in [-0.39, 0.29) is 11.8 Å². The van der Waals surface area contributed by atoms with E-state index in [9.17, 15) is 9.59 Å². The van der Waals surface area contributed by atoms with E-state index in [1.54, 1.807) is 0 Å². The molecule has 2 bridgehead atoms. The standard InChI is InChI=1S/C12H21N3O2/c13-11(16)2-1-3-12(17)14-10-8-15-6-4-9(10)5-7-15/h9-10H,1-8H2,(H2,13,16)(H,14,17)/t10-/m0/s1. The zero-order valence-electron chi connectivity index (χ0n) is 10.2. The van der Waals surface area contributed by atoms with Crippen molar-refractivity contribution in [1.29, 1.82) is 0 Å². The molecule has 3 saturated heterocycles. The fourth-order valence-electron chi connectivity index (χ4n) is 2.83. The van der Waals surface area contributed by atoms with Crippen LogP contribution in [-0.2, 0) is 9.59 Å². The molecule has 3 fully saturated rings. The van der Waals surface area contributed by atoms with Gasteiger partial charge < -0.3 is 16.0 Å². The van der Waals surface area contributed by atoms with Gasteiger partial charge in [0.15, 0.2) is 0 Å². The zero-order valence-corrected chi connectivity index (χ0v) is 10.2. The first-order chi connectivity index (χ1) is 8.15. The first kappa shape index (κ1) is 12.4. The molecular formula is C12H21N3O2. The van der Waals surface area contributed by atoms with Gasteiger partial charge in [-0.2, -0.15) is 0 Å². The molecule has 0 aliphatic carbocycles. The van der Waals surface area contributed by atoms with Crippen LogP contribution in [-0.4, -0.2) is 42.4 Å². The lowest BCUT2D eigenvalue weighted by molar-refractivity contribution is -0.123. The molecule has 3 N–H and O–H groups in total. The second-order valence-electron chi connectivity index (χ2n) is 5.13. The van der Waals surface area contributed by atoms with E-state index in [1.807, 2.05) is 0 Å². The van der Waals surface area contributed by atoms with Crippen molar-refractivity contribution in [3.8, 4) is 0 Å². The molecule has 0 radical (unpaired) electrons. The Labute approximate surface area is 102 Å².